The second-order valence-corrected chi connectivity index (χ2v) is 5.96. The van der Waals surface area contributed by atoms with Gasteiger partial charge in [-0.1, -0.05) is 36.8 Å². The monoisotopic (exact) mass is 277 g/mol. The Morgan fingerprint density at radius 1 is 1.10 bits per heavy atom. The highest BCUT2D eigenvalue weighted by molar-refractivity contribution is 5.24. The first kappa shape index (κ1) is 17.2. The van der Waals surface area contributed by atoms with Crippen LogP contribution in [0, 0.1) is 6.92 Å². The molecule has 0 spiro atoms. The van der Waals surface area contributed by atoms with E-state index in [4.69, 9.17) is 5.73 Å². The molecule has 0 heterocycles. The molecule has 0 aromatic heterocycles. The summed E-state index contributed by atoms with van der Waals surface area (Å²) < 4.78 is 0. The van der Waals surface area contributed by atoms with Gasteiger partial charge in [-0.15, -0.1) is 0 Å². The number of nitrogens with zero attached hydrogens (tertiary/aromatic N) is 2. The van der Waals surface area contributed by atoms with Crippen molar-refractivity contribution >= 4 is 0 Å². The number of rotatable bonds is 8. The Kier molecular flexibility index (Phi) is 7.20. The topological polar surface area (TPSA) is 32.5 Å². The number of hydrogen-bond donors (Lipinski definition) is 1. The summed E-state index contributed by atoms with van der Waals surface area (Å²) in [6.45, 7) is 9.85. The van der Waals surface area contributed by atoms with Crippen molar-refractivity contribution in [2.75, 3.05) is 33.7 Å². The fraction of sp³-hybridized carbons (Fsp3) is 0.647. The largest absolute Gasteiger partial charge is 0.323 e. The van der Waals surface area contributed by atoms with Gasteiger partial charge in [-0.25, -0.2) is 0 Å². The van der Waals surface area contributed by atoms with Crippen molar-refractivity contribution < 1.29 is 0 Å². The molecule has 2 unspecified atom stereocenters. The lowest BCUT2D eigenvalue weighted by molar-refractivity contribution is 0.184. The molecule has 0 aliphatic heterocycles. The maximum absolute atomic E-state index is 6.44. The minimum Gasteiger partial charge on any atom is -0.323 e. The van der Waals surface area contributed by atoms with Crippen LogP contribution in [-0.4, -0.2) is 49.6 Å². The third-order valence-corrected chi connectivity index (χ3v) is 4.01. The Bertz CT molecular complexity index is 372. The van der Waals surface area contributed by atoms with E-state index >= 15 is 0 Å². The molecule has 2 atom stereocenters. The van der Waals surface area contributed by atoms with E-state index in [1.54, 1.807) is 0 Å². The van der Waals surface area contributed by atoms with Gasteiger partial charge in [0.05, 0.1) is 0 Å². The number of benzene rings is 1. The first-order valence-electron chi connectivity index (χ1n) is 7.66. The summed E-state index contributed by atoms with van der Waals surface area (Å²) in [5, 5.41) is 0. The molecule has 0 fully saturated rings. The van der Waals surface area contributed by atoms with Gasteiger partial charge in [0.1, 0.15) is 0 Å². The maximum atomic E-state index is 6.44. The molecule has 0 amide bonds. The van der Waals surface area contributed by atoms with Gasteiger partial charge in [-0.05, 0) is 59.6 Å². The van der Waals surface area contributed by atoms with E-state index in [0.29, 0.717) is 6.04 Å². The Labute approximate surface area is 124 Å². The van der Waals surface area contributed by atoms with Gasteiger partial charge in [0.2, 0.25) is 0 Å². The normalized spacial score (nSPS) is 14.8. The Morgan fingerprint density at radius 2 is 1.70 bits per heavy atom. The van der Waals surface area contributed by atoms with Gasteiger partial charge >= 0.3 is 0 Å². The van der Waals surface area contributed by atoms with Gasteiger partial charge in [-0.2, -0.15) is 0 Å². The van der Waals surface area contributed by atoms with Crippen LogP contribution >= 0.6 is 0 Å². The van der Waals surface area contributed by atoms with E-state index in [-0.39, 0.29) is 6.04 Å². The van der Waals surface area contributed by atoms with Gasteiger partial charge in [0.15, 0.2) is 0 Å². The van der Waals surface area contributed by atoms with Crippen LogP contribution in [-0.2, 0) is 0 Å². The summed E-state index contributed by atoms with van der Waals surface area (Å²) in [5.74, 6) is 0. The first-order chi connectivity index (χ1) is 9.45. The molecule has 0 aliphatic rings. The van der Waals surface area contributed by atoms with Crippen molar-refractivity contribution in [3.8, 4) is 0 Å². The van der Waals surface area contributed by atoms with Gasteiger partial charge in [0.25, 0.3) is 0 Å². The van der Waals surface area contributed by atoms with E-state index in [2.05, 4.69) is 68.9 Å². The molecule has 0 radical (unpaired) electrons. The molecule has 1 rings (SSSR count). The molecule has 3 nitrogen and oxygen atoms in total. The lowest BCUT2D eigenvalue weighted by Crippen LogP contribution is -2.41. The quantitative estimate of drug-likeness (QED) is 0.793. The fourth-order valence-corrected chi connectivity index (χ4v) is 2.53. The molecular formula is C17H31N3. The molecule has 0 bridgehead atoms. The smallest absolute Gasteiger partial charge is 0.0450 e. The fourth-order valence-electron chi connectivity index (χ4n) is 2.53. The van der Waals surface area contributed by atoms with Crippen molar-refractivity contribution in [1.29, 1.82) is 0 Å². The molecule has 1 aromatic rings. The molecule has 2 N–H and O–H groups in total. The highest BCUT2D eigenvalue weighted by Crippen LogP contribution is 2.19. The number of aryl methyl sites for hydroxylation is 1. The summed E-state index contributed by atoms with van der Waals surface area (Å²) in [5.41, 5.74) is 8.96. The van der Waals surface area contributed by atoms with E-state index in [9.17, 15) is 0 Å². The summed E-state index contributed by atoms with van der Waals surface area (Å²) >= 11 is 0. The third-order valence-electron chi connectivity index (χ3n) is 4.01. The van der Waals surface area contributed by atoms with Crippen molar-refractivity contribution in [3.63, 3.8) is 0 Å². The minimum absolute atomic E-state index is 0.0786. The molecule has 0 saturated carbocycles. The van der Waals surface area contributed by atoms with Crippen LogP contribution < -0.4 is 5.73 Å². The van der Waals surface area contributed by atoms with E-state index in [0.717, 1.165) is 19.6 Å². The maximum Gasteiger partial charge on any atom is 0.0450 e. The number of nitrogens with two attached hydrogens (primary N) is 1. The van der Waals surface area contributed by atoms with Crippen LogP contribution in [0.15, 0.2) is 24.3 Å². The molecular weight excluding hydrogens is 246 g/mol. The van der Waals surface area contributed by atoms with Gasteiger partial charge in [0, 0.05) is 12.1 Å². The predicted octanol–water partition coefficient (Wildman–Crippen LogP) is 2.66. The van der Waals surface area contributed by atoms with E-state index < -0.39 is 0 Å². The van der Waals surface area contributed by atoms with Crippen LogP contribution in [0.4, 0.5) is 0 Å². The zero-order valence-electron chi connectivity index (χ0n) is 13.8. The number of hydrogen-bond acceptors (Lipinski definition) is 3. The molecule has 1 aromatic carbocycles. The Balaban J connectivity index is 2.60. The Hall–Kier alpha value is -0.900. The average Bonchev–Trinajstić information content (AvgIpc) is 2.42. The molecule has 3 heteroatoms. The zero-order chi connectivity index (χ0) is 15.1. The number of likely N-dealkylation sites (N-methyl/N-ethyl adjacent to an activating group) is 1. The van der Waals surface area contributed by atoms with Crippen molar-refractivity contribution in [2.45, 2.75) is 39.3 Å². The van der Waals surface area contributed by atoms with Crippen LogP contribution in [0.3, 0.4) is 0 Å². The predicted molar refractivity (Wildman–Crippen MR) is 88.0 cm³/mol. The average molecular weight is 277 g/mol. The SMILES string of the molecule is CCN(CCCN(C)C)C(C)C(N)c1ccc(C)cc1. The highest BCUT2D eigenvalue weighted by atomic mass is 15.2. The summed E-state index contributed by atoms with van der Waals surface area (Å²) in [6, 6.07) is 9.04. The van der Waals surface area contributed by atoms with E-state index in [1.165, 1.54) is 17.5 Å². The zero-order valence-corrected chi connectivity index (χ0v) is 13.8. The lowest BCUT2D eigenvalue weighted by Gasteiger charge is -2.32. The molecule has 0 saturated heterocycles. The standard InChI is InChI=1S/C17H31N3/c1-6-20(13-7-12-19(4)5)15(3)17(18)16-10-8-14(2)9-11-16/h8-11,15,17H,6-7,12-13,18H2,1-5H3. The molecule has 0 aliphatic carbocycles. The van der Waals surface area contributed by atoms with Crippen molar-refractivity contribution in [1.82, 2.24) is 9.80 Å². The highest BCUT2D eigenvalue weighted by Gasteiger charge is 2.20. The summed E-state index contributed by atoms with van der Waals surface area (Å²) in [4.78, 5) is 4.71. The first-order valence-corrected chi connectivity index (χ1v) is 7.66. The van der Waals surface area contributed by atoms with Gasteiger partial charge in [-0.3, -0.25) is 4.90 Å². The van der Waals surface area contributed by atoms with Crippen molar-refractivity contribution in [3.05, 3.63) is 35.4 Å². The minimum atomic E-state index is 0.0786. The van der Waals surface area contributed by atoms with Crippen LogP contribution in [0.2, 0.25) is 0 Å². The van der Waals surface area contributed by atoms with Crippen molar-refractivity contribution in [2.24, 2.45) is 5.73 Å². The second-order valence-electron chi connectivity index (χ2n) is 5.96. The summed E-state index contributed by atoms with van der Waals surface area (Å²) in [6.07, 6.45) is 1.19. The second kappa shape index (κ2) is 8.40. The van der Waals surface area contributed by atoms with Crippen LogP contribution in [0.5, 0.6) is 0 Å². The third kappa shape index (κ3) is 5.23. The Morgan fingerprint density at radius 3 is 2.20 bits per heavy atom. The van der Waals surface area contributed by atoms with Gasteiger partial charge < -0.3 is 10.6 Å². The molecule has 20 heavy (non-hydrogen) atoms. The van der Waals surface area contributed by atoms with Crippen LogP contribution in [0.1, 0.15) is 37.4 Å². The van der Waals surface area contributed by atoms with E-state index in [1.807, 2.05) is 0 Å². The lowest BCUT2D eigenvalue weighted by atomic mass is 9.99. The molecule has 114 valence electrons. The summed E-state index contributed by atoms with van der Waals surface area (Å²) in [7, 11) is 4.25. The van der Waals surface area contributed by atoms with Crippen LogP contribution in [0.25, 0.3) is 0 Å².